The van der Waals surface area contributed by atoms with Crippen molar-refractivity contribution < 1.29 is 0 Å². The first-order valence-corrected chi connectivity index (χ1v) is 10.2. The lowest BCUT2D eigenvalue weighted by Crippen LogP contribution is -2.02. The van der Waals surface area contributed by atoms with Gasteiger partial charge in [0.05, 0.1) is 11.3 Å². The molecule has 0 fully saturated rings. The lowest BCUT2D eigenvalue weighted by molar-refractivity contribution is 1.07. The number of hydrogen-bond donors (Lipinski definition) is 1. The Bertz CT molecular complexity index is 1250. The van der Waals surface area contributed by atoms with Crippen LogP contribution in [0.2, 0.25) is 0 Å². The Labute approximate surface area is 180 Å². The number of halogens is 1. The Hall–Kier alpha value is -3.44. The summed E-state index contributed by atoms with van der Waals surface area (Å²) in [5.74, 6) is 1.59. The zero-order chi connectivity index (χ0) is 21.1. The molecular weight excluding hydrogens is 394 g/mol. The largest absolute Gasteiger partial charge is 0.383 e. The van der Waals surface area contributed by atoms with Crippen LogP contribution in [0.5, 0.6) is 0 Å². The minimum atomic E-state index is 0.426. The van der Waals surface area contributed by atoms with E-state index in [1.807, 2.05) is 85.2 Å². The molecule has 0 bridgehead atoms. The van der Waals surface area contributed by atoms with Crippen molar-refractivity contribution in [3.63, 3.8) is 0 Å². The topological polar surface area (TPSA) is 69.6 Å². The number of hydrogen-bond acceptors (Lipinski definition) is 4. The number of allylic oxidation sites excluding steroid dienone is 4. The van der Waals surface area contributed by atoms with E-state index in [1.54, 1.807) is 6.20 Å². The van der Waals surface area contributed by atoms with Gasteiger partial charge in [0.1, 0.15) is 11.3 Å². The van der Waals surface area contributed by atoms with Gasteiger partial charge in [-0.05, 0) is 61.4 Å². The van der Waals surface area contributed by atoms with Gasteiger partial charge >= 0.3 is 0 Å². The molecule has 150 valence electrons. The number of nitrogens with zero attached hydrogens (tertiary/aromatic N) is 4. The van der Waals surface area contributed by atoms with Crippen LogP contribution in [0.25, 0.3) is 33.8 Å². The van der Waals surface area contributed by atoms with E-state index >= 15 is 0 Å². The molecule has 0 aliphatic rings. The molecule has 0 amide bonds. The molecule has 0 unspecified atom stereocenters. The van der Waals surface area contributed by atoms with Crippen LogP contribution in [-0.4, -0.2) is 19.5 Å². The van der Waals surface area contributed by atoms with E-state index in [0.29, 0.717) is 17.5 Å². The van der Waals surface area contributed by atoms with Crippen LogP contribution in [0.15, 0.2) is 73.0 Å². The Morgan fingerprint density at radius 3 is 2.53 bits per heavy atom. The first kappa shape index (κ1) is 19.9. The van der Waals surface area contributed by atoms with Crippen molar-refractivity contribution in [1.82, 2.24) is 19.5 Å². The molecule has 30 heavy (non-hydrogen) atoms. The molecule has 4 aromatic rings. The second-order valence-electron chi connectivity index (χ2n) is 6.79. The number of benzene rings is 1. The van der Waals surface area contributed by atoms with E-state index in [-0.39, 0.29) is 0 Å². The second kappa shape index (κ2) is 8.51. The van der Waals surface area contributed by atoms with Gasteiger partial charge in [-0.1, -0.05) is 30.4 Å². The molecular formula is C24H22ClN5. The van der Waals surface area contributed by atoms with Crippen molar-refractivity contribution in [3.05, 3.63) is 84.2 Å². The Kier molecular flexibility index (Phi) is 5.63. The van der Waals surface area contributed by atoms with Crippen molar-refractivity contribution >= 4 is 34.2 Å². The third-order valence-corrected chi connectivity index (χ3v) is 5.19. The maximum absolute atomic E-state index is 6.19. The molecule has 0 radical (unpaired) electrons. The van der Waals surface area contributed by atoms with Crippen LogP contribution in [0.1, 0.15) is 25.1 Å². The van der Waals surface area contributed by atoms with Crippen LogP contribution in [0.3, 0.4) is 0 Å². The maximum Gasteiger partial charge on any atom is 0.165 e. The number of rotatable bonds is 5. The van der Waals surface area contributed by atoms with Crippen LogP contribution < -0.4 is 5.73 Å². The second-order valence-corrected chi connectivity index (χ2v) is 7.06. The number of nitrogen functional groups attached to an aromatic ring is 1. The van der Waals surface area contributed by atoms with E-state index in [1.165, 1.54) is 0 Å². The molecule has 1 aromatic carbocycles. The van der Waals surface area contributed by atoms with Crippen LogP contribution in [-0.2, 0) is 5.88 Å². The Morgan fingerprint density at radius 2 is 1.87 bits per heavy atom. The van der Waals surface area contributed by atoms with Gasteiger partial charge in [0.25, 0.3) is 0 Å². The van der Waals surface area contributed by atoms with Crippen LogP contribution in [0, 0.1) is 0 Å². The standard InChI is InChI=1S/C24H22ClN5/c1-3-6-17(4-2)20-12-13-21-24(28-20)30(18-10-8-16(15-25)9-11-18)23(29-21)19-7-5-14-27-22(19)26/h3-14H,15H2,1-2H3,(H2,26,27)/b6-3-,17-4+. The molecule has 3 aromatic heterocycles. The van der Waals surface area contributed by atoms with Gasteiger partial charge < -0.3 is 5.73 Å². The molecule has 6 heteroatoms. The molecule has 5 nitrogen and oxygen atoms in total. The van der Waals surface area contributed by atoms with Gasteiger partial charge in [-0.2, -0.15) is 0 Å². The number of imidazole rings is 1. The molecule has 0 aliphatic heterocycles. The number of nitrogens with two attached hydrogens (primary N) is 1. The van der Waals surface area contributed by atoms with Crippen molar-refractivity contribution in [2.75, 3.05) is 5.73 Å². The average Bonchev–Trinajstić information content (AvgIpc) is 3.16. The van der Waals surface area contributed by atoms with Gasteiger partial charge in [0.2, 0.25) is 0 Å². The molecule has 0 atom stereocenters. The summed E-state index contributed by atoms with van der Waals surface area (Å²) >= 11 is 5.98. The molecule has 2 N–H and O–H groups in total. The van der Waals surface area contributed by atoms with E-state index < -0.39 is 0 Å². The highest BCUT2D eigenvalue weighted by molar-refractivity contribution is 6.17. The third-order valence-electron chi connectivity index (χ3n) is 4.89. The summed E-state index contributed by atoms with van der Waals surface area (Å²) in [6.45, 7) is 4.00. The summed E-state index contributed by atoms with van der Waals surface area (Å²) in [6.07, 6.45) is 7.77. The minimum absolute atomic E-state index is 0.426. The molecule has 4 rings (SSSR count). The lowest BCUT2D eigenvalue weighted by Gasteiger charge is -2.11. The summed E-state index contributed by atoms with van der Waals surface area (Å²) in [5, 5.41) is 0. The van der Waals surface area contributed by atoms with E-state index in [9.17, 15) is 0 Å². The van der Waals surface area contributed by atoms with Gasteiger partial charge in [-0.15, -0.1) is 11.6 Å². The van der Waals surface area contributed by atoms with Crippen molar-refractivity contribution in [1.29, 1.82) is 0 Å². The number of alkyl halides is 1. The first-order valence-electron chi connectivity index (χ1n) is 9.71. The van der Waals surface area contributed by atoms with Gasteiger partial charge in [-0.25, -0.2) is 15.0 Å². The molecule has 0 saturated carbocycles. The fourth-order valence-corrected chi connectivity index (χ4v) is 3.57. The number of pyridine rings is 2. The van der Waals surface area contributed by atoms with E-state index in [2.05, 4.69) is 4.98 Å². The Morgan fingerprint density at radius 1 is 1.07 bits per heavy atom. The Balaban J connectivity index is 2.02. The van der Waals surface area contributed by atoms with Crippen molar-refractivity contribution in [2.45, 2.75) is 19.7 Å². The molecule has 0 spiro atoms. The monoisotopic (exact) mass is 415 g/mol. The van der Waals surface area contributed by atoms with Gasteiger partial charge in [-0.3, -0.25) is 4.57 Å². The number of fused-ring (bicyclic) bond motifs is 1. The number of aromatic nitrogens is 4. The summed E-state index contributed by atoms with van der Waals surface area (Å²) < 4.78 is 2.02. The van der Waals surface area contributed by atoms with Crippen molar-refractivity contribution in [2.24, 2.45) is 0 Å². The summed E-state index contributed by atoms with van der Waals surface area (Å²) in [5.41, 5.74) is 12.4. The number of anilines is 1. The highest BCUT2D eigenvalue weighted by Gasteiger charge is 2.18. The van der Waals surface area contributed by atoms with Crippen molar-refractivity contribution in [3.8, 4) is 17.1 Å². The average molecular weight is 416 g/mol. The summed E-state index contributed by atoms with van der Waals surface area (Å²) in [4.78, 5) is 14.0. The molecule has 0 saturated heterocycles. The minimum Gasteiger partial charge on any atom is -0.383 e. The molecule has 0 aliphatic carbocycles. The fraction of sp³-hybridized carbons (Fsp3) is 0.125. The zero-order valence-corrected chi connectivity index (χ0v) is 17.6. The normalized spacial score (nSPS) is 12.2. The third kappa shape index (κ3) is 3.60. The van der Waals surface area contributed by atoms with E-state index in [4.69, 9.17) is 27.3 Å². The zero-order valence-electron chi connectivity index (χ0n) is 16.9. The predicted molar refractivity (Wildman–Crippen MR) is 125 cm³/mol. The lowest BCUT2D eigenvalue weighted by atomic mass is 10.1. The fourth-order valence-electron chi connectivity index (χ4n) is 3.39. The predicted octanol–water partition coefficient (Wildman–Crippen LogP) is 5.78. The van der Waals surface area contributed by atoms with Gasteiger partial charge in [0.15, 0.2) is 11.5 Å². The summed E-state index contributed by atoms with van der Waals surface area (Å²) in [6, 6.07) is 15.8. The van der Waals surface area contributed by atoms with Crippen LogP contribution >= 0.6 is 11.6 Å². The van der Waals surface area contributed by atoms with Crippen LogP contribution in [0.4, 0.5) is 5.82 Å². The quantitative estimate of drug-likeness (QED) is 0.331. The first-order chi connectivity index (χ1) is 14.7. The molecule has 3 heterocycles. The highest BCUT2D eigenvalue weighted by atomic mass is 35.5. The SMILES string of the molecule is C/C=C\C(=C/C)c1ccc2nc(-c3cccnc3N)n(-c3ccc(CCl)cc3)c2n1. The maximum atomic E-state index is 6.19. The highest BCUT2D eigenvalue weighted by Crippen LogP contribution is 2.31. The smallest absolute Gasteiger partial charge is 0.165 e. The summed E-state index contributed by atoms with van der Waals surface area (Å²) in [7, 11) is 0. The van der Waals surface area contributed by atoms with Gasteiger partial charge in [0, 0.05) is 17.8 Å². The van der Waals surface area contributed by atoms with E-state index in [0.717, 1.165) is 39.2 Å².